The molecule has 126 valence electrons. The first kappa shape index (κ1) is 16.0. The third-order valence-corrected chi connectivity index (χ3v) is 5.93. The number of nitrogens with zero attached hydrogens (tertiary/aromatic N) is 6. The van der Waals surface area contributed by atoms with Crippen LogP contribution in [0.1, 0.15) is 10.4 Å². The minimum Gasteiger partial charge on any atom is -0.497 e. The van der Waals surface area contributed by atoms with Crippen LogP contribution in [-0.4, -0.2) is 37.3 Å². The van der Waals surface area contributed by atoms with Crippen molar-refractivity contribution in [2.24, 2.45) is 0 Å². The number of benzene rings is 1. The highest BCUT2D eigenvalue weighted by Gasteiger charge is 2.17. The molecule has 0 saturated heterocycles. The zero-order valence-corrected chi connectivity index (χ0v) is 15.4. The first-order chi connectivity index (χ1) is 12.2. The van der Waals surface area contributed by atoms with Gasteiger partial charge in [-0.3, -0.25) is 0 Å². The lowest BCUT2D eigenvalue weighted by Crippen LogP contribution is -1.99. The van der Waals surface area contributed by atoms with Crippen LogP contribution in [0.4, 0.5) is 0 Å². The number of ether oxygens (including phenoxy) is 1. The van der Waals surface area contributed by atoms with Crippen molar-refractivity contribution in [3.8, 4) is 11.4 Å². The molecule has 0 amide bonds. The highest BCUT2D eigenvalue weighted by atomic mass is 32.2. The molecular weight excluding hydrogens is 356 g/mol. The topological polar surface area (TPSA) is 78.6 Å². The van der Waals surface area contributed by atoms with Crippen molar-refractivity contribution in [2.75, 3.05) is 7.11 Å². The molecule has 7 nitrogen and oxygen atoms in total. The normalized spacial score (nSPS) is 11.2. The standard InChI is InChI=1S/C16H14N6OS2/c1-9-10(2)24-14-13(9)15(18-8-17-14)25-16-19-20-21-22(16)11-4-6-12(23-3)7-5-11/h4-8H,1-3H3. The molecule has 3 aromatic heterocycles. The van der Waals surface area contributed by atoms with Gasteiger partial charge in [-0.1, -0.05) is 0 Å². The van der Waals surface area contributed by atoms with Gasteiger partial charge in [-0.2, -0.15) is 4.68 Å². The van der Waals surface area contributed by atoms with E-state index in [1.54, 1.807) is 29.5 Å². The number of fused-ring (bicyclic) bond motifs is 1. The Labute approximate surface area is 152 Å². The number of methoxy groups -OCH3 is 1. The van der Waals surface area contributed by atoms with Crippen LogP contribution in [0.25, 0.3) is 15.9 Å². The average molecular weight is 370 g/mol. The molecule has 4 rings (SSSR count). The number of thiophene rings is 1. The number of hydrogen-bond donors (Lipinski definition) is 0. The summed E-state index contributed by atoms with van der Waals surface area (Å²) in [5, 5.41) is 14.6. The molecule has 0 aliphatic rings. The lowest BCUT2D eigenvalue weighted by molar-refractivity contribution is 0.414. The molecule has 0 atom stereocenters. The summed E-state index contributed by atoms with van der Waals surface area (Å²) in [4.78, 5) is 11.0. The van der Waals surface area contributed by atoms with Crippen molar-refractivity contribution in [3.63, 3.8) is 0 Å². The van der Waals surface area contributed by atoms with Crippen LogP contribution in [0.2, 0.25) is 0 Å². The molecule has 0 N–H and O–H groups in total. The highest BCUT2D eigenvalue weighted by Crippen LogP contribution is 2.37. The lowest BCUT2D eigenvalue weighted by Gasteiger charge is -2.06. The van der Waals surface area contributed by atoms with Crippen LogP contribution in [-0.2, 0) is 0 Å². The minimum atomic E-state index is 0.647. The summed E-state index contributed by atoms with van der Waals surface area (Å²) in [5.74, 6) is 0.785. The Kier molecular flexibility index (Phi) is 4.10. The Bertz CT molecular complexity index is 1040. The predicted octanol–water partition coefficient (Wildman–Crippen LogP) is 3.44. The molecule has 4 aromatic rings. The Balaban J connectivity index is 1.74. The van der Waals surface area contributed by atoms with Gasteiger partial charge in [0.25, 0.3) is 0 Å². The van der Waals surface area contributed by atoms with Crippen molar-refractivity contribution in [1.29, 1.82) is 0 Å². The van der Waals surface area contributed by atoms with Crippen LogP contribution in [0, 0.1) is 13.8 Å². The van der Waals surface area contributed by atoms with E-state index in [0.717, 1.165) is 26.7 Å². The van der Waals surface area contributed by atoms with Gasteiger partial charge in [0.1, 0.15) is 21.9 Å². The summed E-state index contributed by atoms with van der Waals surface area (Å²) in [5.41, 5.74) is 2.06. The van der Waals surface area contributed by atoms with E-state index < -0.39 is 0 Å². The maximum atomic E-state index is 5.19. The van der Waals surface area contributed by atoms with E-state index in [4.69, 9.17) is 4.74 Å². The Morgan fingerprint density at radius 3 is 2.68 bits per heavy atom. The van der Waals surface area contributed by atoms with E-state index in [0.29, 0.717) is 5.16 Å². The van der Waals surface area contributed by atoms with Crippen molar-refractivity contribution in [1.82, 2.24) is 30.2 Å². The third-order valence-electron chi connectivity index (χ3n) is 3.88. The van der Waals surface area contributed by atoms with Crippen molar-refractivity contribution < 1.29 is 4.74 Å². The Hall–Kier alpha value is -2.52. The van der Waals surface area contributed by atoms with Gasteiger partial charge in [0.2, 0.25) is 5.16 Å². The largest absolute Gasteiger partial charge is 0.497 e. The SMILES string of the molecule is COc1ccc(-n2nnnc2Sc2ncnc3sc(C)c(C)c23)cc1. The number of rotatable bonds is 4. The monoisotopic (exact) mass is 370 g/mol. The molecule has 25 heavy (non-hydrogen) atoms. The average Bonchev–Trinajstić information content (AvgIpc) is 3.20. The molecular formula is C16H14N6OS2. The first-order valence-corrected chi connectivity index (χ1v) is 9.12. The molecule has 0 aliphatic carbocycles. The molecule has 0 aliphatic heterocycles. The van der Waals surface area contributed by atoms with Gasteiger partial charge in [-0.05, 0) is 65.9 Å². The Morgan fingerprint density at radius 1 is 1.12 bits per heavy atom. The lowest BCUT2D eigenvalue weighted by atomic mass is 10.2. The molecule has 0 saturated carbocycles. The Morgan fingerprint density at radius 2 is 1.92 bits per heavy atom. The molecule has 1 aromatic carbocycles. The summed E-state index contributed by atoms with van der Waals surface area (Å²) < 4.78 is 6.88. The van der Waals surface area contributed by atoms with Crippen molar-refractivity contribution in [3.05, 3.63) is 41.0 Å². The number of aryl methyl sites for hydroxylation is 2. The molecule has 0 unspecified atom stereocenters. The highest BCUT2D eigenvalue weighted by molar-refractivity contribution is 7.99. The maximum absolute atomic E-state index is 5.19. The third kappa shape index (κ3) is 2.85. The number of hydrogen-bond acceptors (Lipinski definition) is 8. The van der Waals surface area contributed by atoms with Gasteiger partial charge in [0, 0.05) is 10.3 Å². The van der Waals surface area contributed by atoms with Gasteiger partial charge in [-0.25, -0.2) is 9.97 Å². The van der Waals surface area contributed by atoms with Crippen molar-refractivity contribution in [2.45, 2.75) is 24.0 Å². The minimum absolute atomic E-state index is 0.647. The second-order valence-corrected chi connectivity index (χ2v) is 7.47. The number of aromatic nitrogens is 6. The summed E-state index contributed by atoms with van der Waals surface area (Å²) in [6, 6.07) is 7.57. The van der Waals surface area contributed by atoms with Crippen LogP contribution in [0.5, 0.6) is 5.75 Å². The maximum Gasteiger partial charge on any atom is 0.220 e. The van der Waals surface area contributed by atoms with Crippen LogP contribution in [0.15, 0.2) is 40.8 Å². The fourth-order valence-corrected chi connectivity index (χ4v) is 4.43. The summed E-state index contributed by atoms with van der Waals surface area (Å²) >= 11 is 3.11. The predicted molar refractivity (Wildman–Crippen MR) is 96.7 cm³/mol. The fraction of sp³-hybridized carbons (Fsp3) is 0.188. The molecule has 3 heterocycles. The van der Waals surface area contributed by atoms with Gasteiger partial charge in [0.15, 0.2) is 0 Å². The van der Waals surface area contributed by atoms with E-state index in [2.05, 4.69) is 39.3 Å². The van der Waals surface area contributed by atoms with Crippen LogP contribution < -0.4 is 4.74 Å². The smallest absolute Gasteiger partial charge is 0.220 e. The zero-order valence-electron chi connectivity index (χ0n) is 13.8. The molecule has 9 heteroatoms. The second-order valence-electron chi connectivity index (χ2n) is 5.32. The summed E-state index contributed by atoms with van der Waals surface area (Å²) in [6.45, 7) is 4.19. The summed E-state index contributed by atoms with van der Waals surface area (Å²) in [6.07, 6.45) is 1.58. The summed E-state index contributed by atoms with van der Waals surface area (Å²) in [7, 11) is 1.64. The van der Waals surface area contributed by atoms with Crippen LogP contribution >= 0.6 is 23.1 Å². The van der Waals surface area contributed by atoms with E-state index >= 15 is 0 Å². The van der Waals surface area contributed by atoms with Gasteiger partial charge in [-0.15, -0.1) is 16.4 Å². The van der Waals surface area contributed by atoms with Crippen LogP contribution in [0.3, 0.4) is 0 Å². The van der Waals surface area contributed by atoms with E-state index in [-0.39, 0.29) is 0 Å². The van der Waals surface area contributed by atoms with Gasteiger partial charge in [0.05, 0.1) is 12.8 Å². The van der Waals surface area contributed by atoms with E-state index in [9.17, 15) is 0 Å². The second kappa shape index (κ2) is 6.41. The first-order valence-electron chi connectivity index (χ1n) is 7.48. The molecule has 0 radical (unpaired) electrons. The molecule has 0 bridgehead atoms. The van der Waals surface area contributed by atoms with Gasteiger partial charge < -0.3 is 4.74 Å². The fourth-order valence-electron chi connectivity index (χ4n) is 2.44. The quantitative estimate of drug-likeness (QED) is 0.509. The molecule has 0 fully saturated rings. The molecule has 0 spiro atoms. The van der Waals surface area contributed by atoms with E-state index in [1.807, 2.05) is 24.3 Å². The van der Waals surface area contributed by atoms with E-state index in [1.165, 1.54) is 22.2 Å². The van der Waals surface area contributed by atoms with Gasteiger partial charge >= 0.3 is 0 Å². The van der Waals surface area contributed by atoms with Crippen molar-refractivity contribution >= 4 is 33.3 Å². The zero-order chi connectivity index (χ0) is 17.4. The number of tetrazole rings is 1.